The van der Waals surface area contributed by atoms with Crippen LogP contribution in [-0.4, -0.2) is 41.5 Å². The molecule has 3 rings (SSSR count). The normalized spacial score (nSPS) is 19.9. The molecule has 1 N–H and O–H groups in total. The van der Waals surface area contributed by atoms with Crippen LogP contribution >= 0.6 is 0 Å². The fourth-order valence-electron chi connectivity index (χ4n) is 2.48. The van der Waals surface area contributed by atoms with Gasteiger partial charge in [0.25, 0.3) is 5.91 Å². The molecule has 5 nitrogen and oxygen atoms in total. The van der Waals surface area contributed by atoms with Gasteiger partial charge >= 0.3 is 0 Å². The standard InChI is InChI=1S/C14H17N3O2/c1-9-8-17(6-5-15-9)14(18)11-3-4-13-12(7-11)16-10(2)19-13/h3-4,7,9,15H,5-6,8H2,1-2H3. The largest absolute Gasteiger partial charge is 0.441 e. The monoisotopic (exact) mass is 259 g/mol. The van der Waals surface area contributed by atoms with Crippen molar-refractivity contribution < 1.29 is 9.21 Å². The number of carbonyl (C=O) groups excluding carboxylic acids is 1. The Morgan fingerprint density at radius 1 is 1.53 bits per heavy atom. The molecule has 19 heavy (non-hydrogen) atoms. The van der Waals surface area contributed by atoms with Crippen molar-refractivity contribution in [1.82, 2.24) is 15.2 Å². The molecule has 1 amide bonds. The van der Waals surface area contributed by atoms with Crippen LogP contribution in [-0.2, 0) is 0 Å². The zero-order valence-corrected chi connectivity index (χ0v) is 11.1. The van der Waals surface area contributed by atoms with E-state index < -0.39 is 0 Å². The summed E-state index contributed by atoms with van der Waals surface area (Å²) in [6, 6.07) is 5.77. The maximum Gasteiger partial charge on any atom is 0.254 e. The number of aryl methyl sites for hydroxylation is 1. The topological polar surface area (TPSA) is 58.4 Å². The highest BCUT2D eigenvalue weighted by molar-refractivity contribution is 5.97. The molecule has 100 valence electrons. The zero-order chi connectivity index (χ0) is 13.4. The lowest BCUT2D eigenvalue weighted by Gasteiger charge is -2.31. The molecule has 0 radical (unpaired) electrons. The van der Waals surface area contributed by atoms with Crippen molar-refractivity contribution in [2.24, 2.45) is 0 Å². The Bertz CT molecular complexity index is 620. The van der Waals surface area contributed by atoms with Crippen LogP contribution < -0.4 is 5.32 Å². The average Bonchev–Trinajstić information content (AvgIpc) is 2.76. The van der Waals surface area contributed by atoms with E-state index >= 15 is 0 Å². The summed E-state index contributed by atoms with van der Waals surface area (Å²) < 4.78 is 5.42. The fourth-order valence-corrected chi connectivity index (χ4v) is 2.48. The van der Waals surface area contributed by atoms with Crippen LogP contribution in [0.25, 0.3) is 11.1 Å². The first kappa shape index (κ1) is 12.2. The van der Waals surface area contributed by atoms with Crippen molar-refractivity contribution in [1.29, 1.82) is 0 Å². The van der Waals surface area contributed by atoms with Gasteiger partial charge in [0.15, 0.2) is 11.5 Å². The Labute approximate surface area is 111 Å². The number of carbonyl (C=O) groups is 1. The van der Waals surface area contributed by atoms with Crippen LogP contribution in [0.3, 0.4) is 0 Å². The first-order chi connectivity index (χ1) is 9.13. The van der Waals surface area contributed by atoms with E-state index in [-0.39, 0.29) is 5.91 Å². The lowest BCUT2D eigenvalue weighted by Crippen LogP contribution is -2.51. The lowest BCUT2D eigenvalue weighted by molar-refractivity contribution is 0.0709. The molecular weight excluding hydrogens is 242 g/mol. The molecule has 1 atom stereocenters. The van der Waals surface area contributed by atoms with Crippen molar-refractivity contribution in [3.05, 3.63) is 29.7 Å². The average molecular weight is 259 g/mol. The fraction of sp³-hybridized carbons (Fsp3) is 0.429. The molecule has 2 aromatic rings. The number of hydrogen-bond acceptors (Lipinski definition) is 4. The van der Waals surface area contributed by atoms with E-state index in [1.807, 2.05) is 17.0 Å². The Kier molecular flexibility index (Phi) is 2.98. The van der Waals surface area contributed by atoms with E-state index in [1.165, 1.54) is 0 Å². The van der Waals surface area contributed by atoms with E-state index in [0.717, 1.165) is 30.7 Å². The highest BCUT2D eigenvalue weighted by atomic mass is 16.3. The molecule has 1 aromatic carbocycles. The minimum Gasteiger partial charge on any atom is -0.441 e. The predicted octanol–water partition coefficient (Wildman–Crippen LogP) is 1.57. The van der Waals surface area contributed by atoms with Gasteiger partial charge < -0.3 is 14.6 Å². The van der Waals surface area contributed by atoms with Crippen molar-refractivity contribution in [3.63, 3.8) is 0 Å². The Morgan fingerprint density at radius 3 is 3.16 bits per heavy atom. The van der Waals surface area contributed by atoms with Crippen molar-refractivity contribution >= 4 is 17.0 Å². The third kappa shape index (κ3) is 2.33. The number of fused-ring (bicyclic) bond motifs is 1. The number of piperazine rings is 1. The molecule has 1 aliphatic rings. The molecular formula is C14H17N3O2. The Hall–Kier alpha value is -1.88. The van der Waals surface area contributed by atoms with Crippen LogP contribution in [0.4, 0.5) is 0 Å². The van der Waals surface area contributed by atoms with Gasteiger partial charge in [0, 0.05) is 38.2 Å². The van der Waals surface area contributed by atoms with Gasteiger partial charge in [0.2, 0.25) is 0 Å². The third-order valence-corrected chi connectivity index (χ3v) is 3.40. The van der Waals surface area contributed by atoms with Crippen LogP contribution in [0, 0.1) is 6.92 Å². The van der Waals surface area contributed by atoms with Gasteiger partial charge in [-0.05, 0) is 25.1 Å². The highest BCUT2D eigenvalue weighted by Gasteiger charge is 2.22. The SMILES string of the molecule is Cc1nc2cc(C(=O)N3CCNC(C)C3)ccc2o1. The second-order valence-electron chi connectivity index (χ2n) is 5.02. The molecule has 1 saturated heterocycles. The number of nitrogens with zero attached hydrogens (tertiary/aromatic N) is 2. The summed E-state index contributed by atoms with van der Waals surface area (Å²) in [5.74, 6) is 0.686. The van der Waals surface area contributed by atoms with Crippen molar-refractivity contribution in [3.8, 4) is 0 Å². The second-order valence-corrected chi connectivity index (χ2v) is 5.02. The number of nitrogens with one attached hydrogen (secondary N) is 1. The first-order valence-corrected chi connectivity index (χ1v) is 6.53. The maximum absolute atomic E-state index is 12.4. The molecule has 0 bridgehead atoms. The Balaban J connectivity index is 1.88. The summed E-state index contributed by atoms with van der Waals surface area (Å²) in [7, 11) is 0. The number of oxazole rings is 1. The molecule has 2 heterocycles. The molecule has 0 spiro atoms. The van der Waals surface area contributed by atoms with Crippen LogP contribution in [0.1, 0.15) is 23.2 Å². The van der Waals surface area contributed by atoms with Crippen molar-refractivity contribution in [2.45, 2.75) is 19.9 Å². The number of rotatable bonds is 1. The summed E-state index contributed by atoms with van der Waals surface area (Å²) in [6.07, 6.45) is 0. The van der Waals surface area contributed by atoms with E-state index in [4.69, 9.17) is 4.42 Å². The van der Waals surface area contributed by atoms with E-state index in [1.54, 1.807) is 13.0 Å². The third-order valence-electron chi connectivity index (χ3n) is 3.40. The first-order valence-electron chi connectivity index (χ1n) is 6.53. The van der Waals surface area contributed by atoms with Gasteiger partial charge in [-0.1, -0.05) is 0 Å². The summed E-state index contributed by atoms with van der Waals surface area (Å²) >= 11 is 0. The molecule has 0 saturated carbocycles. The molecule has 1 aromatic heterocycles. The van der Waals surface area contributed by atoms with Crippen LogP contribution in [0.5, 0.6) is 0 Å². The lowest BCUT2D eigenvalue weighted by atomic mass is 10.1. The van der Waals surface area contributed by atoms with E-state index in [9.17, 15) is 4.79 Å². The van der Waals surface area contributed by atoms with Crippen LogP contribution in [0.2, 0.25) is 0 Å². The van der Waals surface area contributed by atoms with Gasteiger partial charge in [0.1, 0.15) is 5.52 Å². The summed E-state index contributed by atoms with van der Waals surface area (Å²) in [5, 5.41) is 3.33. The molecule has 0 aliphatic carbocycles. The van der Waals surface area contributed by atoms with Gasteiger partial charge in [0.05, 0.1) is 0 Å². The van der Waals surface area contributed by atoms with E-state index in [0.29, 0.717) is 17.5 Å². The number of benzene rings is 1. The van der Waals surface area contributed by atoms with Gasteiger partial charge in [-0.3, -0.25) is 4.79 Å². The minimum atomic E-state index is 0.0657. The highest BCUT2D eigenvalue weighted by Crippen LogP contribution is 2.18. The summed E-state index contributed by atoms with van der Waals surface area (Å²) in [6.45, 7) is 6.23. The number of amides is 1. The smallest absolute Gasteiger partial charge is 0.254 e. The van der Waals surface area contributed by atoms with Gasteiger partial charge in [-0.2, -0.15) is 0 Å². The summed E-state index contributed by atoms with van der Waals surface area (Å²) in [4.78, 5) is 18.6. The molecule has 1 unspecified atom stereocenters. The number of hydrogen-bond donors (Lipinski definition) is 1. The Morgan fingerprint density at radius 2 is 2.37 bits per heavy atom. The molecule has 1 aliphatic heterocycles. The van der Waals surface area contributed by atoms with Gasteiger partial charge in [-0.25, -0.2) is 4.98 Å². The predicted molar refractivity (Wildman–Crippen MR) is 72.1 cm³/mol. The van der Waals surface area contributed by atoms with Crippen LogP contribution in [0.15, 0.2) is 22.6 Å². The van der Waals surface area contributed by atoms with E-state index in [2.05, 4.69) is 17.2 Å². The second kappa shape index (κ2) is 4.66. The molecule has 1 fully saturated rings. The minimum absolute atomic E-state index is 0.0657. The molecule has 5 heteroatoms. The quantitative estimate of drug-likeness (QED) is 0.844. The zero-order valence-electron chi connectivity index (χ0n) is 11.1. The van der Waals surface area contributed by atoms with Gasteiger partial charge in [-0.15, -0.1) is 0 Å². The maximum atomic E-state index is 12.4. The van der Waals surface area contributed by atoms with Crippen molar-refractivity contribution in [2.75, 3.05) is 19.6 Å². The summed E-state index contributed by atoms with van der Waals surface area (Å²) in [5.41, 5.74) is 2.14. The number of aromatic nitrogens is 1.